The summed E-state index contributed by atoms with van der Waals surface area (Å²) in [5.41, 5.74) is -0.362. The Morgan fingerprint density at radius 2 is 2.10 bits per heavy atom. The van der Waals surface area contributed by atoms with E-state index in [9.17, 15) is 29.6 Å². The van der Waals surface area contributed by atoms with Gasteiger partial charge in [-0.25, -0.2) is 14.2 Å². The maximum atomic E-state index is 15.4. The Labute approximate surface area is 177 Å². The first-order valence-electron chi connectivity index (χ1n) is 8.29. The van der Waals surface area contributed by atoms with Gasteiger partial charge in [0.15, 0.2) is 0 Å². The molecule has 158 valence electrons. The SMILES string of the molecule is CC(=O)OCC1=C(C(=O)O)N2C(=O)C(F)(N=C(Cl)c3ccc([N+](=O)[O-])cc3)[C@H]2SC1. The molecule has 0 aromatic heterocycles. The number of nitro groups is 1. The Balaban J connectivity index is 1.88. The van der Waals surface area contributed by atoms with Crippen molar-refractivity contribution in [2.24, 2.45) is 4.99 Å². The molecule has 1 amide bonds. The third-order valence-corrected chi connectivity index (χ3v) is 5.96. The molecule has 2 atom stereocenters. The predicted octanol–water partition coefficient (Wildman–Crippen LogP) is 2.06. The number of esters is 1. The van der Waals surface area contributed by atoms with Crippen LogP contribution in [0, 0.1) is 10.1 Å². The first-order valence-corrected chi connectivity index (χ1v) is 9.72. The Hall–Kier alpha value is -2.99. The maximum absolute atomic E-state index is 15.4. The van der Waals surface area contributed by atoms with E-state index >= 15 is 4.39 Å². The summed E-state index contributed by atoms with van der Waals surface area (Å²) in [4.78, 5) is 49.6. The van der Waals surface area contributed by atoms with E-state index in [0.29, 0.717) is 0 Å². The van der Waals surface area contributed by atoms with Gasteiger partial charge in [-0.15, -0.1) is 11.8 Å². The molecule has 1 saturated heterocycles. The highest BCUT2D eigenvalue weighted by molar-refractivity contribution is 8.00. The van der Waals surface area contributed by atoms with Gasteiger partial charge in [0.05, 0.1) is 4.92 Å². The fourth-order valence-electron chi connectivity index (χ4n) is 2.89. The average molecular weight is 458 g/mol. The number of thioether (sulfide) groups is 1. The average Bonchev–Trinajstić information content (AvgIpc) is 2.70. The number of nitrogens with zero attached hydrogens (tertiary/aromatic N) is 3. The van der Waals surface area contributed by atoms with Crippen LogP contribution in [-0.4, -0.2) is 61.5 Å². The number of fused-ring (bicyclic) bond motifs is 1. The van der Waals surface area contributed by atoms with Crippen LogP contribution < -0.4 is 0 Å². The molecule has 1 aromatic carbocycles. The number of non-ortho nitro benzene ring substituents is 1. The number of hydrogen-bond acceptors (Lipinski definition) is 8. The molecule has 30 heavy (non-hydrogen) atoms. The Bertz CT molecular complexity index is 1010. The first-order chi connectivity index (χ1) is 14.1. The number of hydrogen-bond donors (Lipinski definition) is 1. The number of halogens is 2. The number of benzene rings is 1. The molecular formula is C17H13ClFN3O7S. The highest BCUT2D eigenvalue weighted by atomic mass is 35.5. The van der Waals surface area contributed by atoms with Gasteiger partial charge in [-0.05, 0) is 12.1 Å². The number of amides is 1. The molecule has 10 nitrogen and oxygen atoms in total. The normalized spacial score (nSPS) is 23.6. The second-order valence-corrected chi connectivity index (χ2v) is 7.68. The van der Waals surface area contributed by atoms with E-state index < -0.39 is 44.8 Å². The molecule has 1 aromatic rings. The van der Waals surface area contributed by atoms with Crippen molar-refractivity contribution in [2.45, 2.75) is 18.1 Å². The lowest BCUT2D eigenvalue weighted by molar-refractivity contribution is -0.384. The van der Waals surface area contributed by atoms with Gasteiger partial charge in [0.1, 0.15) is 22.8 Å². The second kappa shape index (κ2) is 8.03. The summed E-state index contributed by atoms with van der Waals surface area (Å²) in [6.07, 6.45) is 0. The quantitative estimate of drug-likeness (QED) is 0.171. The lowest BCUT2D eigenvalue weighted by Crippen LogP contribution is -2.71. The molecule has 2 heterocycles. The van der Waals surface area contributed by atoms with Gasteiger partial charge < -0.3 is 9.84 Å². The summed E-state index contributed by atoms with van der Waals surface area (Å²) < 4.78 is 20.2. The van der Waals surface area contributed by atoms with Gasteiger partial charge in [-0.2, -0.15) is 0 Å². The van der Waals surface area contributed by atoms with Crippen molar-refractivity contribution < 1.29 is 33.5 Å². The zero-order valence-corrected chi connectivity index (χ0v) is 16.8. The van der Waals surface area contributed by atoms with Gasteiger partial charge >= 0.3 is 17.7 Å². The number of nitro benzene ring substituents is 1. The molecule has 2 aliphatic heterocycles. The number of aliphatic carboxylic acids is 1. The van der Waals surface area contributed by atoms with Crippen LogP contribution in [0.2, 0.25) is 0 Å². The highest BCUT2D eigenvalue weighted by Gasteiger charge is 2.66. The van der Waals surface area contributed by atoms with Crippen molar-refractivity contribution in [3.8, 4) is 0 Å². The van der Waals surface area contributed by atoms with Gasteiger partial charge in [0.2, 0.25) is 0 Å². The molecule has 0 radical (unpaired) electrons. The summed E-state index contributed by atoms with van der Waals surface area (Å²) in [6.45, 7) is 0.808. The number of carboxylic acid groups (broad SMARTS) is 1. The van der Waals surface area contributed by atoms with Crippen LogP contribution in [0.25, 0.3) is 0 Å². The summed E-state index contributed by atoms with van der Waals surface area (Å²) in [5, 5.41) is 18.5. The monoisotopic (exact) mass is 457 g/mol. The molecule has 0 saturated carbocycles. The lowest BCUT2D eigenvalue weighted by Gasteiger charge is -2.50. The van der Waals surface area contributed by atoms with Crippen molar-refractivity contribution in [3.63, 3.8) is 0 Å². The minimum atomic E-state index is -2.81. The van der Waals surface area contributed by atoms with E-state index in [0.717, 1.165) is 35.7 Å². The predicted molar refractivity (Wildman–Crippen MR) is 104 cm³/mol. The molecule has 0 spiro atoms. The van der Waals surface area contributed by atoms with Crippen molar-refractivity contribution in [3.05, 3.63) is 51.2 Å². The molecular weight excluding hydrogens is 445 g/mol. The summed E-state index contributed by atoms with van der Waals surface area (Å²) in [5.74, 6) is -6.13. The highest BCUT2D eigenvalue weighted by Crippen LogP contribution is 2.49. The standard InChI is InChI=1S/C17H13ClFN3O7S/c1-8(23)29-6-10-7-30-16-17(19,15(26)21(16)12(10)14(24)25)20-13(18)9-2-4-11(5-3-9)22(27)28/h2-5,16H,6-7H2,1H3,(H,24,25)/t16-,17?/m1/s1. The minimum absolute atomic E-state index is 0.000297. The largest absolute Gasteiger partial charge is 0.477 e. The van der Waals surface area contributed by atoms with Crippen LogP contribution in [0.15, 0.2) is 40.5 Å². The second-order valence-electron chi connectivity index (χ2n) is 6.26. The molecule has 1 N–H and O–H groups in total. The minimum Gasteiger partial charge on any atom is -0.477 e. The van der Waals surface area contributed by atoms with Crippen molar-refractivity contribution in [1.82, 2.24) is 4.90 Å². The van der Waals surface area contributed by atoms with E-state index in [1.165, 1.54) is 12.1 Å². The molecule has 0 bridgehead atoms. The van der Waals surface area contributed by atoms with Gasteiger partial charge in [0, 0.05) is 35.9 Å². The Morgan fingerprint density at radius 3 is 2.63 bits per heavy atom. The molecule has 3 rings (SSSR count). The Kier molecular flexibility index (Phi) is 5.81. The number of ether oxygens (including phenoxy) is 1. The van der Waals surface area contributed by atoms with Crippen LogP contribution in [0.1, 0.15) is 12.5 Å². The lowest BCUT2D eigenvalue weighted by atomic mass is 10.0. The number of carbonyl (C=O) groups is 3. The summed E-state index contributed by atoms with van der Waals surface area (Å²) >= 11 is 6.93. The van der Waals surface area contributed by atoms with Crippen molar-refractivity contribution in [2.75, 3.05) is 12.4 Å². The van der Waals surface area contributed by atoms with Crippen LogP contribution in [0.3, 0.4) is 0 Å². The van der Waals surface area contributed by atoms with Crippen LogP contribution in [0.4, 0.5) is 10.1 Å². The number of carboxylic acids is 1. The number of alkyl halides is 1. The zero-order valence-electron chi connectivity index (χ0n) is 15.2. The first kappa shape index (κ1) is 21.7. The van der Waals surface area contributed by atoms with E-state index in [1.807, 2.05) is 0 Å². The molecule has 0 aliphatic carbocycles. The Morgan fingerprint density at radius 1 is 1.47 bits per heavy atom. The topological polar surface area (TPSA) is 139 Å². The van der Waals surface area contributed by atoms with E-state index in [2.05, 4.69) is 4.99 Å². The third kappa shape index (κ3) is 3.75. The van der Waals surface area contributed by atoms with Crippen LogP contribution in [-0.2, 0) is 19.1 Å². The number of rotatable bonds is 6. The van der Waals surface area contributed by atoms with Crippen LogP contribution >= 0.6 is 23.4 Å². The maximum Gasteiger partial charge on any atom is 0.352 e. The number of carbonyl (C=O) groups excluding carboxylic acids is 2. The van der Waals surface area contributed by atoms with Gasteiger partial charge in [0.25, 0.3) is 11.6 Å². The number of β-lactam (4-membered cyclic amide) rings is 1. The molecule has 1 fully saturated rings. The molecule has 2 aliphatic rings. The fraction of sp³-hybridized carbons (Fsp3) is 0.294. The summed E-state index contributed by atoms with van der Waals surface area (Å²) in [7, 11) is 0. The molecule has 1 unspecified atom stereocenters. The summed E-state index contributed by atoms with van der Waals surface area (Å²) in [6, 6.07) is 4.80. The fourth-order valence-corrected chi connectivity index (χ4v) is 4.44. The van der Waals surface area contributed by atoms with Crippen molar-refractivity contribution >= 4 is 52.1 Å². The molecule has 13 heteroatoms. The number of aliphatic imine (C=N–C) groups is 1. The third-order valence-electron chi connectivity index (χ3n) is 4.30. The van der Waals surface area contributed by atoms with Gasteiger partial charge in [-0.3, -0.25) is 24.6 Å². The van der Waals surface area contributed by atoms with Gasteiger partial charge in [-0.1, -0.05) is 11.6 Å². The van der Waals surface area contributed by atoms with Crippen LogP contribution in [0.5, 0.6) is 0 Å². The van der Waals surface area contributed by atoms with E-state index in [1.54, 1.807) is 0 Å². The zero-order chi connectivity index (χ0) is 22.2. The smallest absolute Gasteiger partial charge is 0.352 e. The van der Waals surface area contributed by atoms with E-state index in [-0.39, 0.29) is 29.2 Å². The van der Waals surface area contributed by atoms with E-state index in [4.69, 9.17) is 16.3 Å². The van der Waals surface area contributed by atoms with Crippen molar-refractivity contribution in [1.29, 1.82) is 0 Å².